The van der Waals surface area contributed by atoms with Crippen molar-refractivity contribution in [2.45, 2.75) is 50.9 Å². The maximum absolute atomic E-state index is 11.2. The molecule has 0 aromatic carbocycles. The van der Waals surface area contributed by atoms with Crippen molar-refractivity contribution in [3.8, 4) is 0 Å². The molecule has 0 amide bonds. The van der Waals surface area contributed by atoms with E-state index in [1.807, 2.05) is 6.92 Å². The molecule has 1 aromatic heterocycles. The largest absolute Gasteiger partial charge is 0.477 e. The molecule has 1 aromatic rings. The summed E-state index contributed by atoms with van der Waals surface area (Å²) in [6, 6.07) is 0. The van der Waals surface area contributed by atoms with Gasteiger partial charge in [-0.05, 0) is 63.2 Å². The van der Waals surface area contributed by atoms with Gasteiger partial charge in [-0.3, -0.25) is 0 Å². The third-order valence-corrected chi connectivity index (χ3v) is 6.87. The number of hydrogen-bond acceptors (Lipinski definition) is 3. The number of carbonyl (C=O) groups is 1. The Kier molecular flexibility index (Phi) is 2.39. The van der Waals surface area contributed by atoms with Crippen molar-refractivity contribution in [1.29, 1.82) is 0 Å². The van der Waals surface area contributed by atoms with Crippen molar-refractivity contribution in [3.05, 3.63) is 15.6 Å². The van der Waals surface area contributed by atoms with Gasteiger partial charge in [0.05, 0.1) is 10.7 Å². The number of thiazole rings is 1. The maximum Gasteiger partial charge on any atom is 0.347 e. The van der Waals surface area contributed by atoms with Gasteiger partial charge in [-0.25, -0.2) is 9.78 Å². The van der Waals surface area contributed by atoms with E-state index in [2.05, 4.69) is 4.98 Å². The van der Waals surface area contributed by atoms with Crippen LogP contribution in [0.25, 0.3) is 0 Å². The minimum atomic E-state index is -0.814. The molecule has 4 fully saturated rings. The van der Waals surface area contributed by atoms with Gasteiger partial charge in [0.1, 0.15) is 4.88 Å². The van der Waals surface area contributed by atoms with Crippen LogP contribution >= 0.6 is 11.3 Å². The predicted octanol–water partition coefficient (Wildman–Crippen LogP) is 3.62. The summed E-state index contributed by atoms with van der Waals surface area (Å²) in [5.41, 5.74) is 0.945. The van der Waals surface area contributed by atoms with Gasteiger partial charge in [-0.1, -0.05) is 0 Å². The van der Waals surface area contributed by atoms with Crippen LogP contribution in [0.3, 0.4) is 0 Å². The summed E-state index contributed by atoms with van der Waals surface area (Å²) in [7, 11) is 0. The molecule has 1 heterocycles. The summed E-state index contributed by atoms with van der Waals surface area (Å²) in [6.07, 6.45) is 8.00. The van der Waals surface area contributed by atoms with Gasteiger partial charge >= 0.3 is 5.97 Å². The van der Waals surface area contributed by atoms with E-state index in [0.717, 1.165) is 22.8 Å². The van der Waals surface area contributed by atoms with Crippen molar-refractivity contribution >= 4 is 17.3 Å². The van der Waals surface area contributed by atoms with Crippen LogP contribution in [0, 0.1) is 24.7 Å². The zero-order valence-electron chi connectivity index (χ0n) is 11.2. The van der Waals surface area contributed by atoms with E-state index in [0.29, 0.717) is 10.6 Å². The van der Waals surface area contributed by atoms with Gasteiger partial charge < -0.3 is 5.11 Å². The second-order valence-electron chi connectivity index (χ2n) is 6.94. The van der Waals surface area contributed by atoms with E-state index < -0.39 is 5.97 Å². The number of nitrogens with zero attached hydrogens (tertiary/aromatic N) is 1. The molecule has 5 rings (SSSR count). The molecule has 0 radical (unpaired) electrons. The Labute approximate surface area is 117 Å². The third-order valence-electron chi connectivity index (χ3n) is 5.48. The average Bonchev–Trinajstić information content (AvgIpc) is 2.70. The van der Waals surface area contributed by atoms with Crippen molar-refractivity contribution in [2.75, 3.05) is 0 Å². The Balaban J connectivity index is 1.75. The lowest BCUT2D eigenvalue weighted by molar-refractivity contribution is -0.00532. The molecule has 0 unspecified atom stereocenters. The van der Waals surface area contributed by atoms with E-state index in [9.17, 15) is 9.90 Å². The molecular weight excluding hydrogens is 258 g/mol. The summed E-state index contributed by atoms with van der Waals surface area (Å²) in [4.78, 5) is 16.3. The molecule has 19 heavy (non-hydrogen) atoms. The minimum absolute atomic E-state index is 0.234. The molecule has 3 nitrogen and oxygen atoms in total. The topological polar surface area (TPSA) is 50.2 Å². The normalized spacial score (nSPS) is 39.7. The zero-order chi connectivity index (χ0) is 13.2. The number of aryl methyl sites for hydroxylation is 1. The Morgan fingerprint density at radius 3 is 2.16 bits per heavy atom. The standard InChI is InChI=1S/C15H19NO2S/c1-8-12(13(17)18)19-14(16-8)15-5-9-2-10(6-15)4-11(3-9)7-15/h9-11H,2-7H2,1H3,(H,17,18). The highest BCUT2D eigenvalue weighted by Gasteiger charge is 2.53. The van der Waals surface area contributed by atoms with Gasteiger partial charge in [0.25, 0.3) is 0 Å². The number of aromatic nitrogens is 1. The van der Waals surface area contributed by atoms with Crippen LogP contribution < -0.4 is 0 Å². The fourth-order valence-corrected chi connectivity index (χ4v) is 6.32. The minimum Gasteiger partial charge on any atom is -0.477 e. The lowest BCUT2D eigenvalue weighted by atomic mass is 9.50. The summed E-state index contributed by atoms with van der Waals surface area (Å²) < 4.78 is 0. The molecule has 4 aliphatic rings. The van der Waals surface area contributed by atoms with Crippen LogP contribution in [0.2, 0.25) is 0 Å². The van der Waals surface area contributed by atoms with Crippen LogP contribution in [0.15, 0.2) is 0 Å². The fraction of sp³-hybridized carbons (Fsp3) is 0.733. The highest BCUT2D eigenvalue weighted by atomic mass is 32.1. The van der Waals surface area contributed by atoms with E-state index >= 15 is 0 Å². The van der Waals surface area contributed by atoms with Crippen molar-refractivity contribution in [3.63, 3.8) is 0 Å². The van der Waals surface area contributed by atoms with E-state index in [4.69, 9.17) is 0 Å². The van der Waals surface area contributed by atoms with Gasteiger partial charge in [-0.2, -0.15) is 0 Å². The van der Waals surface area contributed by atoms with Gasteiger partial charge in [0.2, 0.25) is 0 Å². The van der Waals surface area contributed by atoms with Gasteiger partial charge in [0, 0.05) is 5.41 Å². The smallest absolute Gasteiger partial charge is 0.347 e. The van der Waals surface area contributed by atoms with Crippen molar-refractivity contribution in [1.82, 2.24) is 4.98 Å². The predicted molar refractivity (Wildman–Crippen MR) is 73.7 cm³/mol. The molecule has 1 N–H and O–H groups in total. The first kappa shape index (κ1) is 11.9. The summed E-state index contributed by atoms with van der Waals surface area (Å²) in [6.45, 7) is 1.84. The maximum atomic E-state index is 11.2. The van der Waals surface area contributed by atoms with Crippen molar-refractivity contribution < 1.29 is 9.90 Å². The van der Waals surface area contributed by atoms with Crippen LogP contribution in [0.1, 0.15) is 58.9 Å². The first-order chi connectivity index (χ1) is 9.06. The molecule has 4 heteroatoms. The molecule has 4 bridgehead atoms. The molecule has 0 saturated heterocycles. The molecule has 0 atom stereocenters. The quantitative estimate of drug-likeness (QED) is 0.898. The highest BCUT2D eigenvalue weighted by Crippen LogP contribution is 2.61. The zero-order valence-corrected chi connectivity index (χ0v) is 12.0. The Morgan fingerprint density at radius 2 is 1.74 bits per heavy atom. The van der Waals surface area contributed by atoms with E-state index in [1.54, 1.807) is 0 Å². The lowest BCUT2D eigenvalue weighted by Gasteiger charge is -2.56. The Bertz CT molecular complexity index is 513. The molecule has 4 saturated carbocycles. The molecular formula is C15H19NO2S. The van der Waals surface area contributed by atoms with E-state index in [-0.39, 0.29) is 5.41 Å². The molecule has 0 spiro atoms. The molecule has 4 aliphatic carbocycles. The summed E-state index contributed by atoms with van der Waals surface area (Å²) in [5.74, 6) is 1.82. The van der Waals surface area contributed by atoms with Gasteiger partial charge in [0.15, 0.2) is 0 Å². The lowest BCUT2D eigenvalue weighted by Crippen LogP contribution is -2.48. The Hall–Kier alpha value is -0.900. The first-order valence-electron chi connectivity index (χ1n) is 7.27. The highest BCUT2D eigenvalue weighted by molar-refractivity contribution is 7.13. The van der Waals surface area contributed by atoms with Crippen LogP contribution in [0.5, 0.6) is 0 Å². The fourth-order valence-electron chi connectivity index (χ4n) is 5.19. The number of rotatable bonds is 2. The molecule has 102 valence electrons. The SMILES string of the molecule is Cc1nc(C23CC4CC(CC(C4)C2)C3)sc1C(=O)O. The monoisotopic (exact) mass is 277 g/mol. The van der Waals surface area contributed by atoms with Crippen LogP contribution in [-0.4, -0.2) is 16.1 Å². The van der Waals surface area contributed by atoms with Crippen molar-refractivity contribution in [2.24, 2.45) is 17.8 Å². The number of carboxylic acids is 1. The van der Waals surface area contributed by atoms with Gasteiger partial charge in [-0.15, -0.1) is 11.3 Å². The molecule has 0 aliphatic heterocycles. The number of hydrogen-bond donors (Lipinski definition) is 1. The third kappa shape index (κ3) is 1.69. The van der Waals surface area contributed by atoms with E-state index in [1.165, 1.54) is 49.9 Å². The van der Waals surface area contributed by atoms with Crippen LogP contribution in [0.4, 0.5) is 0 Å². The second kappa shape index (κ2) is 3.81. The number of aromatic carboxylic acids is 1. The summed E-state index contributed by atoms with van der Waals surface area (Å²) in [5, 5.41) is 10.4. The van der Waals surface area contributed by atoms with Crippen LogP contribution in [-0.2, 0) is 5.41 Å². The summed E-state index contributed by atoms with van der Waals surface area (Å²) >= 11 is 1.45. The average molecular weight is 277 g/mol. The number of carboxylic acid groups (broad SMARTS) is 1. The first-order valence-corrected chi connectivity index (χ1v) is 8.08. The Morgan fingerprint density at radius 1 is 1.21 bits per heavy atom. The second-order valence-corrected chi connectivity index (χ2v) is 7.94.